The Hall–Kier alpha value is -1.52. The topological polar surface area (TPSA) is 29.5 Å². The van der Waals surface area contributed by atoms with Crippen LogP contribution < -0.4 is 4.74 Å². The fourth-order valence-corrected chi connectivity index (χ4v) is 2.07. The number of ether oxygens (including phenoxy) is 1. The van der Waals surface area contributed by atoms with E-state index >= 15 is 0 Å². The summed E-state index contributed by atoms with van der Waals surface area (Å²) in [7, 11) is 0. The van der Waals surface area contributed by atoms with Crippen molar-refractivity contribution < 1.29 is 14.2 Å². The molecule has 1 N–H and O–H groups in total. The largest absolute Gasteiger partial charge is 0.453 e. The van der Waals surface area contributed by atoms with Crippen LogP contribution in [0.25, 0.3) is 0 Å². The zero-order valence-electron chi connectivity index (χ0n) is 9.89. The lowest BCUT2D eigenvalue weighted by atomic mass is 10.2. The Morgan fingerprint density at radius 3 is 2.61 bits per heavy atom. The molecule has 0 amide bonds. The monoisotopic (exact) mass is 264 g/mol. The molecule has 0 saturated heterocycles. The molecule has 0 fully saturated rings. The molecule has 0 heterocycles. The standard InChI is InChI=1S/C14H13FO2S/c1-18-14-5-3-2-4-13(14)17-12-7-6-10(9-16)8-11(12)15/h2-8,16H,9H2,1H3. The highest BCUT2D eigenvalue weighted by molar-refractivity contribution is 7.98. The van der Waals surface area contributed by atoms with E-state index in [0.29, 0.717) is 11.3 Å². The van der Waals surface area contributed by atoms with E-state index in [4.69, 9.17) is 9.84 Å². The smallest absolute Gasteiger partial charge is 0.166 e. The van der Waals surface area contributed by atoms with Gasteiger partial charge in [-0.1, -0.05) is 18.2 Å². The fraction of sp³-hybridized carbons (Fsp3) is 0.143. The Balaban J connectivity index is 2.28. The zero-order valence-corrected chi connectivity index (χ0v) is 10.7. The van der Waals surface area contributed by atoms with Crippen LogP contribution in [0.5, 0.6) is 11.5 Å². The molecule has 0 aliphatic rings. The molecule has 18 heavy (non-hydrogen) atoms. The maximum Gasteiger partial charge on any atom is 0.166 e. The number of thioether (sulfide) groups is 1. The highest BCUT2D eigenvalue weighted by Gasteiger charge is 2.08. The summed E-state index contributed by atoms with van der Waals surface area (Å²) in [6, 6.07) is 11.9. The number of hydrogen-bond acceptors (Lipinski definition) is 3. The molecule has 2 rings (SSSR count). The second kappa shape index (κ2) is 5.89. The number of aliphatic hydroxyl groups excluding tert-OH is 1. The first-order chi connectivity index (χ1) is 8.74. The highest BCUT2D eigenvalue weighted by Crippen LogP contribution is 2.32. The number of benzene rings is 2. The second-order valence-corrected chi connectivity index (χ2v) is 4.52. The Morgan fingerprint density at radius 1 is 1.17 bits per heavy atom. The van der Waals surface area contributed by atoms with Crippen LogP contribution in [0.1, 0.15) is 5.56 Å². The van der Waals surface area contributed by atoms with Crippen molar-refractivity contribution in [1.29, 1.82) is 0 Å². The van der Waals surface area contributed by atoms with Crippen LogP contribution in [0.4, 0.5) is 4.39 Å². The first-order valence-electron chi connectivity index (χ1n) is 5.44. The molecule has 0 bridgehead atoms. The van der Waals surface area contributed by atoms with Gasteiger partial charge in [0.05, 0.1) is 6.61 Å². The SMILES string of the molecule is CSc1ccccc1Oc1ccc(CO)cc1F. The summed E-state index contributed by atoms with van der Waals surface area (Å²) >= 11 is 1.54. The predicted octanol–water partition coefficient (Wildman–Crippen LogP) is 3.83. The van der Waals surface area contributed by atoms with Gasteiger partial charge in [0.25, 0.3) is 0 Å². The van der Waals surface area contributed by atoms with Crippen LogP contribution in [0.15, 0.2) is 47.4 Å². The van der Waals surface area contributed by atoms with Crippen molar-refractivity contribution in [3.05, 3.63) is 53.8 Å². The quantitative estimate of drug-likeness (QED) is 0.851. The van der Waals surface area contributed by atoms with Crippen LogP contribution in [0.3, 0.4) is 0 Å². The van der Waals surface area contributed by atoms with E-state index in [-0.39, 0.29) is 12.4 Å². The molecule has 0 atom stereocenters. The molecule has 0 radical (unpaired) electrons. The molecule has 0 spiro atoms. The normalized spacial score (nSPS) is 10.4. The first-order valence-corrected chi connectivity index (χ1v) is 6.67. The summed E-state index contributed by atoms with van der Waals surface area (Å²) in [5.74, 6) is 0.312. The molecular formula is C14H13FO2S. The molecule has 0 saturated carbocycles. The minimum Gasteiger partial charge on any atom is -0.453 e. The molecule has 0 unspecified atom stereocenters. The summed E-state index contributed by atoms with van der Waals surface area (Å²) in [6.07, 6.45) is 1.94. The summed E-state index contributed by atoms with van der Waals surface area (Å²) in [4.78, 5) is 0.947. The predicted molar refractivity (Wildman–Crippen MR) is 70.6 cm³/mol. The zero-order chi connectivity index (χ0) is 13.0. The maximum absolute atomic E-state index is 13.7. The van der Waals surface area contributed by atoms with Crippen molar-refractivity contribution in [2.75, 3.05) is 6.26 Å². The highest BCUT2D eigenvalue weighted by atomic mass is 32.2. The van der Waals surface area contributed by atoms with E-state index in [1.165, 1.54) is 12.1 Å². The van der Waals surface area contributed by atoms with E-state index in [1.54, 1.807) is 23.9 Å². The van der Waals surface area contributed by atoms with Crippen LogP contribution in [0, 0.1) is 5.82 Å². The van der Waals surface area contributed by atoms with Crippen molar-refractivity contribution in [1.82, 2.24) is 0 Å². The minimum atomic E-state index is -0.475. The number of hydrogen-bond donors (Lipinski definition) is 1. The van der Waals surface area contributed by atoms with Gasteiger partial charge < -0.3 is 9.84 Å². The lowest BCUT2D eigenvalue weighted by Gasteiger charge is -2.10. The average molecular weight is 264 g/mol. The van der Waals surface area contributed by atoms with E-state index < -0.39 is 5.82 Å². The number of rotatable bonds is 4. The van der Waals surface area contributed by atoms with Crippen molar-refractivity contribution in [2.45, 2.75) is 11.5 Å². The molecule has 0 aliphatic carbocycles. The fourth-order valence-electron chi connectivity index (χ4n) is 1.55. The van der Waals surface area contributed by atoms with Gasteiger partial charge in [-0.25, -0.2) is 4.39 Å². The lowest BCUT2D eigenvalue weighted by Crippen LogP contribution is -1.92. The van der Waals surface area contributed by atoms with Crippen LogP contribution >= 0.6 is 11.8 Å². The van der Waals surface area contributed by atoms with Crippen molar-refractivity contribution >= 4 is 11.8 Å². The van der Waals surface area contributed by atoms with E-state index in [1.807, 2.05) is 24.5 Å². The van der Waals surface area contributed by atoms with Gasteiger partial charge in [-0.15, -0.1) is 11.8 Å². The molecule has 2 nitrogen and oxygen atoms in total. The first kappa shape index (κ1) is 12.9. The maximum atomic E-state index is 13.7. The van der Waals surface area contributed by atoms with Gasteiger partial charge in [-0.3, -0.25) is 0 Å². The molecule has 0 aliphatic heterocycles. The Morgan fingerprint density at radius 2 is 1.94 bits per heavy atom. The second-order valence-electron chi connectivity index (χ2n) is 3.68. The summed E-state index contributed by atoms with van der Waals surface area (Å²) in [5.41, 5.74) is 0.526. The van der Waals surface area contributed by atoms with Gasteiger partial charge in [-0.05, 0) is 36.1 Å². The van der Waals surface area contributed by atoms with Gasteiger partial charge in [-0.2, -0.15) is 0 Å². The molecule has 94 valence electrons. The summed E-state index contributed by atoms with van der Waals surface area (Å²) in [6.45, 7) is -0.182. The van der Waals surface area contributed by atoms with Gasteiger partial charge >= 0.3 is 0 Å². The van der Waals surface area contributed by atoms with Crippen molar-refractivity contribution in [3.63, 3.8) is 0 Å². The lowest BCUT2D eigenvalue weighted by molar-refractivity contribution is 0.281. The average Bonchev–Trinajstić information content (AvgIpc) is 2.41. The van der Waals surface area contributed by atoms with E-state index in [2.05, 4.69) is 0 Å². The summed E-state index contributed by atoms with van der Waals surface area (Å²) in [5, 5.41) is 8.91. The molecule has 4 heteroatoms. The molecule has 0 aromatic heterocycles. The molecule has 2 aromatic rings. The van der Waals surface area contributed by atoms with Crippen LogP contribution in [-0.4, -0.2) is 11.4 Å². The van der Waals surface area contributed by atoms with Gasteiger partial charge in [0.15, 0.2) is 11.6 Å². The third kappa shape index (κ3) is 2.83. The van der Waals surface area contributed by atoms with Crippen molar-refractivity contribution in [3.8, 4) is 11.5 Å². The van der Waals surface area contributed by atoms with E-state index in [9.17, 15) is 4.39 Å². The van der Waals surface area contributed by atoms with Gasteiger partial charge in [0, 0.05) is 4.90 Å². The number of para-hydroxylation sites is 1. The molecule has 2 aromatic carbocycles. The minimum absolute atomic E-state index is 0.161. The van der Waals surface area contributed by atoms with Crippen LogP contribution in [0.2, 0.25) is 0 Å². The Bertz CT molecular complexity index is 543. The van der Waals surface area contributed by atoms with Crippen LogP contribution in [-0.2, 0) is 6.61 Å². The third-order valence-corrected chi connectivity index (χ3v) is 3.24. The summed E-state index contributed by atoms with van der Waals surface area (Å²) < 4.78 is 19.3. The Kier molecular flexibility index (Phi) is 4.23. The number of halogens is 1. The third-order valence-electron chi connectivity index (χ3n) is 2.47. The van der Waals surface area contributed by atoms with Gasteiger partial charge in [0.2, 0.25) is 0 Å². The van der Waals surface area contributed by atoms with E-state index in [0.717, 1.165) is 4.90 Å². The molecular weight excluding hydrogens is 251 g/mol. The Labute approximate surface area is 109 Å². The van der Waals surface area contributed by atoms with Crippen molar-refractivity contribution in [2.24, 2.45) is 0 Å². The number of aliphatic hydroxyl groups is 1. The van der Waals surface area contributed by atoms with Gasteiger partial charge in [0.1, 0.15) is 5.75 Å².